The van der Waals surface area contributed by atoms with Crippen LogP contribution in [0.1, 0.15) is 19.0 Å². The smallest absolute Gasteiger partial charge is 0.392 e. The molecule has 0 radical (unpaired) electrons. The lowest BCUT2D eigenvalue weighted by Crippen LogP contribution is -2.48. The van der Waals surface area contributed by atoms with Gasteiger partial charge in [-0.3, -0.25) is 9.88 Å². The van der Waals surface area contributed by atoms with Crippen LogP contribution in [-0.4, -0.2) is 63.8 Å². The lowest BCUT2D eigenvalue weighted by molar-refractivity contribution is -0.141. The molecule has 0 bridgehead atoms. The van der Waals surface area contributed by atoms with Crippen molar-refractivity contribution in [1.82, 2.24) is 19.9 Å². The van der Waals surface area contributed by atoms with E-state index in [1.54, 1.807) is 18.2 Å². The SMILES string of the molecule is CCC(O)CN1CCN(c2cc(C(F)(F)F)nc(-c3ccccn3)n2)CC1. The van der Waals surface area contributed by atoms with E-state index in [4.69, 9.17) is 0 Å². The molecule has 2 aromatic rings. The molecule has 1 N–H and O–H groups in total. The second kappa shape index (κ2) is 8.18. The second-order valence-corrected chi connectivity index (χ2v) is 6.50. The highest BCUT2D eigenvalue weighted by Gasteiger charge is 2.34. The summed E-state index contributed by atoms with van der Waals surface area (Å²) in [7, 11) is 0. The van der Waals surface area contributed by atoms with Gasteiger partial charge >= 0.3 is 6.18 Å². The van der Waals surface area contributed by atoms with Gasteiger partial charge in [0.05, 0.1) is 6.10 Å². The molecule has 27 heavy (non-hydrogen) atoms. The normalized spacial score (nSPS) is 17.1. The number of rotatable bonds is 5. The zero-order valence-corrected chi connectivity index (χ0v) is 15.0. The summed E-state index contributed by atoms with van der Waals surface area (Å²) in [6.07, 6.45) is -2.78. The van der Waals surface area contributed by atoms with E-state index in [9.17, 15) is 18.3 Å². The Labute approximate surface area is 155 Å². The van der Waals surface area contributed by atoms with E-state index in [0.29, 0.717) is 44.8 Å². The summed E-state index contributed by atoms with van der Waals surface area (Å²) in [6.45, 7) is 4.86. The number of hydrogen-bond acceptors (Lipinski definition) is 6. The minimum absolute atomic E-state index is 0.0377. The predicted molar refractivity (Wildman–Crippen MR) is 95.2 cm³/mol. The summed E-state index contributed by atoms with van der Waals surface area (Å²) in [5.74, 6) is 0.206. The topological polar surface area (TPSA) is 65.4 Å². The van der Waals surface area contributed by atoms with Crippen LogP contribution in [0.15, 0.2) is 30.5 Å². The van der Waals surface area contributed by atoms with Gasteiger partial charge in [0.25, 0.3) is 0 Å². The van der Waals surface area contributed by atoms with Crippen LogP contribution in [0.2, 0.25) is 0 Å². The van der Waals surface area contributed by atoms with Gasteiger partial charge in [0.15, 0.2) is 11.5 Å². The zero-order valence-electron chi connectivity index (χ0n) is 15.0. The van der Waals surface area contributed by atoms with Crippen molar-refractivity contribution in [2.24, 2.45) is 0 Å². The van der Waals surface area contributed by atoms with Crippen LogP contribution in [-0.2, 0) is 6.18 Å². The number of nitrogens with zero attached hydrogens (tertiary/aromatic N) is 5. The van der Waals surface area contributed by atoms with Crippen LogP contribution in [0, 0.1) is 0 Å². The number of pyridine rings is 1. The number of halogens is 3. The molecule has 1 saturated heterocycles. The summed E-state index contributed by atoms with van der Waals surface area (Å²) in [5.41, 5.74) is -0.674. The molecule has 0 saturated carbocycles. The minimum Gasteiger partial charge on any atom is -0.392 e. The zero-order chi connectivity index (χ0) is 19.4. The first-order valence-electron chi connectivity index (χ1n) is 8.90. The van der Waals surface area contributed by atoms with E-state index in [0.717, 1.165) is 6.07 Å². The third-order valence-corrected chi connectivity index (χ3v) is 4.53. The van der Waals surface area contributed by atoms with Crippen LogP contribution in [0.5, 0.6) is 0 Å². The Bertz CT molecular complexity index is 748. The van der Waals surface area contributed by atoms with E-state index < -0.39 is 11.9 Å². The maximum absolute atomic E-state index is 13.3. The highest BCUT2D eigenvalue weighted by Crippen LogP contribution is 2.31. The average Bonchev–Trinajstić information content (AvgIpc) is 2.68. The molecule has 6 nitrogen and oxygen atoms in total. The lowest BCUT2D eigenvalue weighted by Gasteiger charge is -2.36. The molecule has 1 aliphatic rings. The molecule has 0 amide bonds. The largest absolute Gasteiger partial charge is 0.433 e. The quantitative estimate of drug-likeness (QED) is 0.858. The Balaban J connectivity index is 1.83. The second-order valence-electron chi connectivity index (χ2n) is 6.50. The van der Waals surface area contributed by atoms with Crippen LogP contribution >= 0.6 is 0 Å². The van der Waals surface area contributed by atoms with Crippen LogP contribution in [0.4, 0.5) is 19.0 Å². The van der Waals surface area contributed by atoms with Gasteiger partial charge in [-0.1, -0.05) is 13.0 Å². The molecule has 1 unspecified atom stereocenters. The first kappa shape index (κ1) is 19.5. The van der Waals surface area contributed by atoms with Crippen molar-refractivity contribution < 1.29 is 18.3 Å². The number of aromatic nitrogens is 3. The molecular formula is C18H22F3N5O. The van der Waals surface area contributed by atoms with Gasteiger partial charge < -0.3 is 10.0 Å². The highest BCUT2D eigenvalue weighted by atomic mass is 19.4. The standard InChI is InChI=1S/C18H22F3N5O/c1-2-13(27)12-25-7-9-26(10-8-25)16-11-15(18(19,20)21)23-17(24-16)14-5-3-4-6-22-14/h3-6,11,13,27H,2,7-10,12H2,1H3. The van der Waals surface area contributed by atoms with Gasteiger partial charge in [-0.05, 0) is 18.6 Å². The molecule has 3 heterocycles. The van der Waals surface area contributed by atoms with Crippen molar-refractivity contribution >= 4 is 5.82 Å². The van der Waals surface area contributed by atoms with E-state index >= 15 is 0 Å². The van der Waals surface area contributed by atoms with Gasteiger partial charge in [0, 0.05) is 45.0 Å². The van der Waals surface area contributed by atoms with Crippen molar-refractivity contribution in [3.8, 4) is 11.5 Å². The van der Waals surface area contributed by atoms with Gasteiger partial charge in [-0.2, -0.15) is 13.2 Å². The predicted octanol–water partition coefficient (Wildman–Crippen LogP) is 2.45. The number of β-amino-alcohol motifs (C(OH)–C–C–N with tert-alkyl or cyclic N) is 1. The maximum atomic E-state index is 13.3. The number of anilines is 1. The number of piperazine rings is 1. The van der Waals surface area contributed by atoms with Crippen molar-refractivity contribution in [2.45, 2.75) is 25.6 Å². The summed E-state index contributed by atoms with van der Waals surface area (Å²) >= 11 is 0. The molecule has 1 aliphatic heterocycles. The molecule has 0 aliphatic carbocycles. The fourth-order valence-electron chi connectivity index (χ4n) is 2.94. The number of alkyl halides is 3. The molecule has 1 fully saturated rings. The van der Waals surface area contributed by atoms with Gasteiger partial charge in [-0.15, -0.1) is 0 Å². The molecule has 3 rings (SSSR count). The third kappa shape index (κ3) is 4.92. The van der Waals surface area contributed by atoms with Crippen LogP contribution in [0.25, 0.3) is 11.5 Å². The van der Waals surface area contributed by atoms with Crippen molar-refractivity contribution in [3.63, 3.8) is 0 Å². The van der Waals surface area contributed by atoms with Crippen molar-refractivity contribution in [2.75, 3.05) is 37.6 Å². The Morgan fingerprint density at radius 2 is 1.89 bits per heavy atom. The summed E-state index contributed by atoms with van der Waals surface area (Å²) < 4.78 is 39.9. The average molecular weight is 381 g/mol. The summed E-state index contributed by atoms with van der Waals surface area (Å²) in [5, 5.41) is 9.77. The number of aliphatic hydroxyl groups is 1. The Morgan fingerprint density at radius 1 is 1.15 bits per heavy atom. The molecular weight excluding hydrogens is 359 g/mol. The van der Waals surface area contributed by atoms with Crippen LogP contribution in [0.3, 0.4) is 0 Å². The van der Waals surface area contributed by atoms with Crippen molar-refractivity contribution in [3.05, 3.63) is 36.2 Å². The fraction of sp³-hybridized carbons (Fsp3) is 0.500. The monoisotopic (exact) mass is 381 g/mol. The Hall–Kier alpha value is -2.26. The van der Waals surface area contributed by atoms with Gasteiger partial charge in [-0.25, -0.2) is 9.97 Å². The van der Waals surface area contributed by atoms with E-state index in [1.807, 2.05) is 11.8 Å². The van der Waals surface area contributed by atoms with Crippen LogP contribution < -0.4 is 4.90 Å². The molecule has 9 heteroatoms. The molecule has 2 aromatic heterocycles. The maximum Gasteiger partial charge on any atom is 0.433 e. The summed E-state index contributed by atoms with van der Waals surface area (Å²) in [4.78, 5) is 16.0. The molecule has 146 valence electrons. The molecule has 0 spiro atoms. The van der Waals surface area contributed by atoms with Gasteiger partial charge in [0.1, 0.15) is 11.5 Å². The van der Waals surface area contributed by atoms with E-state index in [-0.39, 0.29) is 17.7 Å². The van der Waals surface area contributed by atoms with E-state index in [1.165, 1.54) is 6.20 Å². The Morgan fingerprint density at radius 3 is 2.48 bits per heavy atom. The first-order chi connectivity index (χ1) is 12.9. The van der Waals surface area contributed by atoms with Gasteiger partial charge in [0.2, 0.25) is 0 Å². The fourth-order valence-corrected chi connectivity index (χ4v) is 2.94. The number of aliphatic hydroxyl groups excluding tert-OH is 1. The number of hydrogen-bond donors (Lipinski definition) is 1. The lowest BCUT2D eigenvalue weighted by atomic mass is 10.2. The third-order valence-electron chi connectivity index (χ3n) is 4.53. The van der Waals surface area contributed by atoms with Crippen molar-refractivity contribution in [1.29, 1.82) is 0 Å². The minimum atomic E-state index is -4.56. The molecule has 1 atom stereocenters. The van der Waals surface area contributed by atoms with E-state index in [2.05, 4.69) is 19.9 Å². The molecule has 0 aromatic carbocycles. The first-order valence-corrected chi connectivity index (χ1v) is 8.90. The highest BCUT2D eigenvalue weighted by molar-refractivity contribution is 5.54. The summed E-state index contributed by atoms with van der Waals surface area (Å²) in [6, 6.07) is 5.94. The Kier molecular flexibility index (Phi) is 5.91.